The van der Waals surface area contributed by atoms with Crippen molar-refractivity contribution >= 4 is 34.8 Å². The molecule has 0 aliphatic carbocycles. The van der Waals surface area contributed by atoms with E-state index in [1.165, 1.54) is 25.2 Å². The predicted octanol–water partition coefficient (Wildman–Crippen LogP) is 2.20. The highest BCUT2D eigenvalue weighted by Crippen LogP contribution is 2.28. The van der Waals surface area contributed by atoms with Gasteiger partial charge in [0.1, 0.15) is 11.3 Å². The van der Waals surface area contributed by atoms with Gasteiger partial charge in [-0.05, 0) is 25.3 Å². The molecule has 7 heteroatoms. The highest BCUT2D eigenvalue weighted by atomic mass is 32.1. The van der Waals surface area contributed by atoms with Crippen molar-refractivity contribution in [3.8, 4) is 0 Å². The largest absolute Gasteiger partial charge is 0.444 e. The summed E-state index contributed by atoms with van der Waals surface area (Å²) in [5.74, 6) is -1.46. The summed E-state index contributed by atoms with van der Waals surface area (Å²) in [6, 6.07) is 3.36. The molecule has 0 atom stereocenters. The van der Waals surface area contributed by atoms with Crippen molar-refractivity contribution in [2.45, 2.75) is 13.8 Å². The first-order chi connectivity index (χ1) is 9.41. The fourth-order valence-electron chi connectivity index (χ4n) is 1.86. The van der Waals surface area contributed by atoms with E-state index in [4.69, 9.17) is 10.2 Å². The lowest BCUT2D eigenvalue weighted by Gasteiger charge is -2.02. The van der Waals surface area contributed by atoms with Gasteiger partial charge in [0.15, 0.2) is 5.78 Å². The number of aryl methyl sites for hydroxylation is 1. The normalized spacial score (nSPS) is 10.3. The van der Waals surface area contributed by atoms with Gasteiger partial charge < -0.3 is 10.2 Å². The minimum Gasteiger partial charge on any atom is -0.444 e. The molecule has 0 aliphatic heterocycles. The Bertz CT molecular complexity index is 686. The van der Waals surface area contributed by atoms with Crippen LogP contribution in [-0.2, 0) is 0 Å². The Labute approximate surface area is 118 Å². The Morgan fingerprint density at radius 3 is 2.50 bits per heavy atom. The van der Waals surface area contributed by atoms with Crippen LogP contribution in [0.1, 0.15) is 43.1 Å². The van der Waals surface area contributed by atoms with Gasteiger partial charge in [0.05, 0.1) is 10.4 Å². The smallest absolute Gasteiger partial charge is 0.268 e. The molecule has 6 nitrogen and oxygen atoms in total. The van der Waals surface area contributed by atoms with Gasteiger partial charge in [-0.1, -0.05) is 6.07 Å². The Balaban J connectivity index is 2.42. The molecule has 104 valence electrons. The summed E-state index contributed by atoms with van der Waals surface area (Å²) in [5, 5.41) is 4.21. The van der Waals surface area contributed by atoms with Crippen LogP contribution in [-0.4, -0.2) is 17.6 Å². The third kappa shape index (κ3) is 2.48. The van der Waals surface area contributed by atoms with Crippen molar-refractivity contribution in [2.75, 3.05) is 5.32 Å². The molecule has 0 spiro atoms. The first kappa shape index (κ1) is 14.0. The number of carbonyl (C=O) groups excluding carboxylic acids is 3. The Morgan fingerprint density at radius 1 is 1.30 bits per heavy atom. The topological polar surface area (TPSA) is 102 Å². The third-order valence-electron chi connectivity index (χ3n) is 2.65. The van der Waals surface area contributed by atoms with Crippen molar-refractivity contribution in [3.63, 3.8) is 0 Å². The highest BCUT2D eigenvalue weighted by Gasteiger charge is 2.26. The maximum absolute atomic E-state index is 11.9. The van der Waals surface area contributed by atoms with E-state index in [0.717, 1.165) is 0 Å². The van der Waals surface area contributed by atoms with Crippen molar-refractivity contribution in [3.05, 3.63) is 39.3 Å². The molecule has 0 radical (unpaired) electrons. The second-order valence-electron chi connectivity index (χ2n) is 4.09. The average Bonchev–Trinajstić information content (AvgIpc) is 2.95. The fraction of sp³-hybridized carbons (Fsp3) is 0.154. The average molecular weight is 292 g/mol. The molecule has 2 rings (SSSR count). The molecule has 2 aromatic heterocycles. The zero-order valence-corrected chi connectivity index (χ0v) is 11.7. The molecule has 0 fully saturated rings. The van der Waals surface area contributed by atoms with Gasteiger partial charge in [-0.3, -0.25) is 19.7 Å². The minimum absolute atomic E-state index is 0.0963. The first-order valence-corrected chi connectivity index (χ1v) is 6.58. The number of hydrogen-bond donors (Lipinski definition) is 2. The van der Waals surface area contributed by atoms with Crippen LogP contribution in [0, 0.1) is 6.92 Å². The molecular formula is C13H12N2O4S. The van der Waals surface area contributed by atoms with Gasteiger partial charge in [-0.2, -0.15) is 0 Å². The van der Waals surface area contributed by atoms with Crippen LogP contribution in [0.25, 0.3) is 0 Å². The number of ketones is 1. The fourth-order valence-corrected chi connectivity index (χ4v) is 2.48. The summed E-state index contributed by atoms with van der Waals surface area (Å²) >= 11 is 1.25. The monoisotopic (exact) mass is 292 g/mol. The second-order valence-corrected chi connectivity index (χ2v) is 5.04. The first-order valence-electron chi connectivity index (χ1n) is 5.70. The predicted molar refractivity (Wildman–Crippen MR) is 74.2 cm³/mol. The SMILES string of the molecule is CC(=O)c1c(C)oc(NC(=O)c2cccs2)c1C(N)=O. The van der Waals surface area contributed by atoms with Crippen LogP contribution in [0.2, 0.25) is 0 Å². The number of primary amides is 1. The zero-order valence-electron chi connectivity index (χ0n) is 10.9. The number of anilines is 1. The van der Waals surface area contributed by atoms with Crippen LogP contribution in [0.3, 0.4) is 0 Å². The van der Waals surface area contributed by atoms with Crippen molar-refractivity contribution < 1.29 is 18.8 Å². The molecule has 2 amide bonds. The molecule has 2 aromatic rings. The molecule has 2 heterocycles. The maximum Gasteiger partial charge on any atom is 0.268 e. The molecule has 0 saturated heterocycles. The van der Waals surface area contributed by atoms with Crippen molar-refractivity contribution in [1.82, 2.24) is 0 Å². The molecule has 0 aromatic carbocycles. The number of rotatable bonds is 4. The molecule has 0 bridgehead atoms. The summed E-state index contributed by atoms with van der Waals surface area (Å²) < 4.78 is 5.29. The molecule has 0 unspecified atom stereocenters. The lowest BCUT2D eigenvalue weighted by molar-refractivity contribution is 0.0974. The molecule has 20 heavy (non-hydrogen) atoms. The van der Waals surface area contributed by atoms with E-state index in [9.17, 15) is 14.4 Å². The minimum atomic E-state index is -0.825. The Kier molecular flexibility index (Phi) is 3.71. The van der Waals surface area contributed by atoms with E-state index in [1.807, 2.05) is 0 Å². The number of furan rings is 1. The van der Waals surface area contributed by atoms with Gasteiger partial charge >= 0.3 is 0 Å². The summed E-state index contributed by atoms with van der Waals surface area (Å²) in [4.78, 5) is 35.4. The number of hydrogen-bond acceptors (Lipinski definition) is 5. The number of nitrogens with two attached hydrogens (primary N) is 1. The van der Waals surface area contributed by atoms with E-state index in [-0.39, 0.29) is 28.6 Å². The number of amides is 2. The van der Waals surface area contributed by atoms with Crippen molar-refractivity contribution in [2.24, 2.45) is 5.73 Å². The molecular weight excluding hydrogens is 280 g/mol. The number of carbonyl (C=O) groups is 3. The summed E-state index contributed by atoms with van der Waals surface area (Å²) in [7, 11) is 0. The van der Waals surface area contributed by atoms with Gasteiger partial charge in [0.2, 0.25) is 5.88 Å². The van der Waals surface area contributed by atoms with Crippen LogP contribution < -0.4 is 11.1 Å². The standard InChI is InChI=1S/C13H12N2O4S/c1-6(16)9-7(2)19-13(10(9)11(14)17)15-12(18)8-4-3-5-20-8/h3-5H,1-2H3,(H2,14,17)(H,15,18). The van der Waals surface area contributed by atoms with E-state index in [2.05, 4.69) is 5.32 Å². The number of thiophene rings is 1. The lowest BCUT2D eigenvalue weighted by atomic mass is 10.1. The molecule has 3 N–H and O–H groups in total. The summed E-state index contributed by atoms with van der Waals surface area (Å²) in [6.45, 7) is 2.83. The third-order valence-corrected chi connectivity index (χ3v) is 3.52. The van der Waals surface area contributed by atoms with Crippen LogP contribution in [0.15, 0.2) is 21.9 Å². The number of Topliss-reactive ketones (excluding diaryl/α,β-unsaturated/α-hetero) is 1. The molecule has 0 aliphatic rings. The maximum atomic E-state index is 11.9. The summed E-state index contributed by atoms with van der Waals surface area (Å²) in [6.07, 6.45) is 0. The van der Waals surface area contributed by atoms with Gasteiger partial charge in [-0.25, -0.2) is 0 Å². The van der Waals surface area contributed by atoms with Crippen LogP contribution in [0.5, 0.6) is 0 Å². The van der Waals surface area contributed by atoms with E-state index < -0.39 is 11.8 Å². The van der Waals surface area contributed by atoms with Gasteiger partial charge in [0, 0.05) is 0 Å². The van der Waals surface area contributed by atoms with E-state index in [1.54, 1.807) is 17.5 Å². The number of nitrogens with one attached hydrogen (secondary N) is 1. The van der Waals surface area contributed by atoms with E-state index in [0.29, 0.717) is 4.88 Å². The van der Waals surface area contributed by atoms with Crippen LogP contribution >= 0.6 is 11.3 Å². The second kappa shape index (κ2) is 5.30. The van der Waals surface area contributed by atoms with Crippen molar-refractivity contribution in [1.29, 1.82) is 0 Å². The van der Waals surface area contributed by atoms with Gasteiger partial charge in [0.25, 0.3) is 11.8 Å². The Morgan fingerprint density at radius 2 is 2.00 bits per heavy atom. The summed E-state index contributed by atoms with van der Waals surface area (Å²) in [5.41, 5.74) is 5.26. The highest BCUT2D eigenvalue weighted by molar-refractivity contribution is 7.12. The van der Waals surface area contributed by atoms with Crippen LogP contribution in [0.4, 0.5) is 5.88 Å². The molecule has 0 saturated carbocycles. The Hall–Kier alpha value is -2.41. The quantitative estimate of drug-likeness (QED) is 0.843. The zero-order chi connectivity index (χ0) is 14.9. The van der Waals surface area contributed by atoms with E-state index >= 15 is 0 Å². The van der Waals surface area contributed by atoms with Gasteiger partial charge in [-0.15, -0.1) is 11.3 Å². The lowest BCUT2D eigenvalue weighted by Crippen LogP contribution is -2.18.